The van der Waals surface area contributed by atoms with E-state index in [0.717, 1.165) is 23.2 Å². The summed E-state index contributed by atoms with van der Waals surface area (Å²) in [5.74, 6) is 0.158. The summed E-state index contributed by atoms with van der Waals surface area (Å²) in [5, 5.41) is 7.88. The number of rotatable bonds is 5. The molecule has 1 aromatic heterocycles. The van der Waals surface area contributed by atoms with E-state index in [1.807, 2.05) is 49.5 Å². The number of benzene rings is 3. The van der Waals surface area contributed by atoms with Crippen LogP contribution in [0.4, 0.5) is 5.69 Å². The quantitative estimate of drug-likeness (QED) is 0.286. The van der Waals surface area contributed by atoms with Gasteiger partial charge >= 0.3 is 0 Å². The third kappa shape index (κ3) is 5.32. The van der Waals surface area contributed by atoms with Gasteiger partial charge in [-0.3, -0.25) is 15.1 Å². The van der Waals surface area contributed by atoms with Crippen LogP contribution in [0, 0.1) is 6.92 Å². The smallest absolute Gasteiger partial charge is 0.257 e. The van der Waals surface area contributed by atoms with Gasteiger partial charge in [-0.1, -0.05) is 47.5 Å². The molecule has 156 valence electrons. The maximum absolute atomic E-state index is 12.7. The van der Waals surface area contributed by atoms with Crippen LogP contribution in [0.25, 0.3) is 10.9 Å². The molecular weight excluding hydrogens is 408 g/mol. The lowest BCUT2D eigenvalue weighted by Crippen LogP contribution is -2.36. The average Bonchev–Trinajstić information content (AvgIpc) is 3.19. The molecule has 6 heteroatoms. The highest BCUT2D eigenvalue weighted by molar-refractivity contribution is 6.30. The van der Waals surface area contributed by atoms with Crippen molar-refractivity contribution >= 4 is 40.1 Å². The van der Waals surface area contributed by atoms with Gasteiger partial charge in [0, 0.05) is 39.9 Å². The number of H-pyrrole nitrogens is 1. The van der Waals surface area contributed by atoms with E-state index in [1.165, 1.54) is 10.9 Å². The van der Waals surface area contributed by atoms with Crippen LogP contribution in [0.5, 0.6) is 0 Å². The van der Waals surface area contributed by atoms with Gasteiger partial charge in [0.25, 0.3) is 5.91 Å². The van der Waals surface area contributed by atoms with Gasteiger partial charge in [-0.15, -0.1) is 0 Å². The number of aromatic nitrogens is 1. The molecule has 0 bridgehead atoms. The van der Waals surface area contributed by atoms with Crippen molar-refractivity contribution in [2.24, 2.45) is 4.99 Å². The highest BCUT2D eigenvalue weighted by Crippen LogP contribution is 2.18. The molecule has 1 heterocycles. The SMILES string of the molecule is Cc1ccc(NC(=NCCc2c[nH]c3ccccc23)NC(=O)c2ccc(Cl)cc2)cc1. The minimum absolute atomic E-state index is 0.248. The molecule has 0 unspecified atom stereocenters. The van der Waals surface area contributed by atoms with Crippen molar-refractivity contribution in [2.75, 3.05) is 11.9 Å². The Balaban J connectivity index is 1.51. The third-order valence-electron chi connectivity index (χ3n) is 4.98. The van der Waals surface area contributed by atoms with E-state index >= 15 is 0 Å². The van der Waals surface area contributed by atoms with Gasteiger partial charge in [0.15, 0.2) is 0 Å². The van der Waals surface area contributed by atoms with Crippen LogP contribution in [0.1, 0.15) is 21.5 Å². The summed E-state index contributed by atoms with van der Waals surface area (Å²) in [6.45, 7) is 2.55. The molecule has 31 heavy (non-hydrogen) atoms. The topological polar surface area (TPSA) is 69.3 Å². The molecule has 0 aliphatic heterocycles. The molecule has 0 atom stereocenters. The van der Waals surface area contributed by atoms with Gasteiger partial charge in [-0.2, -0.15) is 0 Å². The first kappa shape index (κ1) is 20.7. The number of amides is 1. The standard InChI is InChI=1S/C25H23ClN4O/c1-17-6-12-21(13-7-17)29-25(30-24(31)18-8-10-20(26)11-9-18)27-15-14-19-16-28-23-5-3-2-4-22(19)23/h2-13,16,28H,14-15H2,1H3,(H2,27,29,30,31). The van der Waals surface area contributed by atoms with E-state index in [9.17, 15) is 4.79 Å². The number of hydrogen-bond acceptors (Lipinski definition) is 2. The van der Waals surface area contributed by atoms with Crippen molar-refractivity contribution in [1.29, 1.82) is 0 Å². The number of fused-ring (bicyclic) bond motifs is 1. The lowest BCUT2D eigenvalue weighted by atomic mass is 10.1. The molecular formula is C25H23ClN4O. The van der Waals surface area contributed by atoms with E-state index in [4.69, 9.17) is 11.6 Å². The van der Waals surface area contributed by atoms with Crippen molar-refractivity contribution in [3.8, 4) is 0 Å². The molecule has 0 saturated heterocycles. The molecule has 4 rings (SSSR count). The number of carbonyl (C=O) groups is 1. The van der Waals surface area contributed by atoms with Crippen LogP contribution in [0.3, 0.4) is 0 Å². The van der Waals surface area contributed by atoms with E-state index in [0.29, 0.717) is 23.1 Å². The summed E-state index contributed by atoms with van der Waals surface area (Å²) >= 11 is 5.93. The van der Waals surface area contributed by atoms with Crippen molar-refractivity contribution in [1.82, 2.24) is 10.3 Å². The summed E-state index contributed by atoms with van der Waals surface area (Å²) in [4.78, 5) is 20.6. The summed E-state index contributed by atoms with van der Waals surface area (Å²) in [5.41, 5.74) is 4.83. The number of aliphatic imine (C=N–C) groups is 1. The number of halogens is 1. The molecule has 0 spiro atoms. The van der Waals surface area contributed by atoms with Crippen LogP contribution in [-0.4, -0.2) is 23.4 Å². The third-order valence-corrected chi connectivity index (χ3v) is 5.23. The highest BCUT2D eigenvalue weighted by Gasteiger charge is 2.10. The number of anilines is 1. The molecule has 0 radical (unpaired) electrons. The first-order chi connectivity index (χ1) is 15.1. The lowest BCUT2D eigenvalue weighted by molar-refractivity contribution is 0.0977. The predicted octanol–water partition coefficient (Wildman–Crippen LogP) is 5.57. The summed E-state index contributed by atoms with van der Waals surface area (Å²) in [6.07, 6.45) is 2.76. The number of hydrogen-bond donors (Lipinski definition) is 3. The number of aromatic amines is 1. The molecule has 1 amide bonds. The molecule has 3 N–H and O–H groups in total. The molecule has 4 aromatic rings. The van der Waals surface area contributed by atoms with Crippen LogP contribution >= 0.6 is 11.6 Å². The Labute approximate surface area is 186 Å². The van der Waals surface area contributed by atoms with Crippen molar-refractivity contribution in [3.05, 3.63) is 101 Å². The fourth-order valence-electron chi connectivity index (χ4n) is 3.29. The number of nitrogens with zero attached hydrogens (tertiary/aromatic N) is 1. The van der Waals surface area contributed by atoms with Gasteiger partial charge in [0.2, 0.25) is 5.96 Å². The van der Waals surface area contributed by atoms with Crippen molar-refractivity contribution < 1.29 is 4.79 Å². The zero-order valence-electron chi connectivity index (χ0n) is 17.2. The van der Waals surface area contributed by atoms with Crippen LogP contribution < -0.4 is 10.6 Å². The van der Waals surface area contributed by atoms with Gasteiger partial charge < -0.3 is 10.3 Å². The molecule has 0 saturated carbocycles. The lowest BCUT2D eigenvalue weighted by Gasteiger charge is -2.12. The Morgan fingerprint density at radius 3 is 2.52 bits per heavy atom. The Morgan fingerprint density at radius 1 is 1.00 bits per heavy atom. The van der Waals surface area contributed by atoms with E-state index in [-0.39, 0.29) is 5.91 Å². The number of aryl methyl sites for hydroxylation is 1. The largest absolute Gasteiger partial charge is 0.361 e. The fourth-order valence-corrected chi connectivity index (χ4v) is 3.42. The number of guanidine groups is 1. The van der Waals surface area contributed by atoms with E-state index in [1.54, 1.807) is 24.3 Å². The van der Waals surface area contributed by atoms with Crippen LogP contribution in [-0.2, 0) is 6.42 Å². The Hall–Kier alpha value is -3.57. The Kier molecular flexibility index (Phi) is 6.34. The monoisotopic (exact) mass is 430 g/mol. The molecule has 5 nitrogen and oxygen atoms in total. The highest BCUT2D eigenvalue weighted by atomic mass is 35.5. The zero-order valence-corrected chi connectivity index (χ0v) is 17.9. The molecule has 0 aliphatic rings. The van der Waals surface area contributed by atoms with Crippen LogP contribution in [0.2, 0.25) is 5.02 Å². The second kappa shape index (κ2) is 9.49. The summed E-state index contributed by atoms with van der Waals surface area (Å²) in [6, 6.07) is 22.9. The first-order valence-corrected chi connectivity index (χ1v) is 10.5. The van der Waals surface area contributed by atoms with E-state index < -0.39 is 0 Å². The minimum Gasteiger partial charge on any atom is -0.361 e. The summed E-state index contributed by atoms with van der Waals surface area (Å²) < 4.78 is 0. The number of carbonyl (C=O) groups excluding carboxylic acids is 1. The second-order valence-electron chi connectivity index (χ2n) is 7.29. The van der Waals surface area contributed by atoms with Gasteiger partial charge in [-0.25, -0.2) is 0 Å². The minimum atomic E-state index is -0.248. The summed E-state index contributed by atoms with van der Waals surface area (Å²) in [7, 11) is 0. The first-order valence-electron chi connectivity index (χ1n) is 10.1. The van der Waals surface area contributed by atoms with Gasteiger partial charge in [0.1, 0.15) is 0 Å². The normalized spacial score (nSPS) is 11.5. The maximum atomic E-state index is 12.7. The van der Waals surface area contributed by atoms with Crippen molar-refractivity contribution in [2.45, 2.75) is 13.3 Å². The fraction of sp³-hybridized carbons (Fsp3) is 0.120. The number of para-hydroxylation sites is 1. The number of nitrogens with one attached hydrogen (secondary N) is 3. The molecule has 0 aliphatic carbocycles. The van der Waals surface area contributed by atoms with E-state index in [2.05, 4.69) is 32.7 Å². The second-order valence-corrected chi connectivity index (χ2v) is 7.73. The van der Waals surface area contributed by atoms with Crippen LogP contribution in [0.15, 0.2) is 84.0 Å². The Bertz CT molecular complexity index is 1210. The van der Waals surface area contributed by atoms with Crippen molar-refractivity contribution in [3.63, 3.8) is 0 Å². The Morgan fingerprint density at radius 2 is 1.74 bits per heavy atom. The van der Waals surface area contributed by atoms with Gasteiger partial charge in [-0.05, 0) is 61.4 Å². The predicted molar refractivity (Wildman–Crippen MR) is 128 cm³/mol. The molecule has 3 aromatic carbocycles. The maximum Gasteiger partial charge on any atom is 0.257 e. The average molecular weight is 431 g/mol. The van der Waals surface area contributed by atoms with Gasteiger partial charge in [0.05, 0.1) is 0 Å². The zero-order chi connectivity index (χ0) is 21.6. The molecule has 0 fully saturated rings.